The van der Waals surface area contributed by atoms with Gasteiger partial charge in [0.15, 0.2) is 0 Å². The van der Waals surface area contributed by atoms with E-state index in [1.165, 1.54) is 32.1 Å². The van der Waals surface area contributed by atoms with Gasteiger partial charge in [0, 0.05) is 28.9 Å². The third-order valence-electron chi connectivity index (χ3n) is 6.73. The van der Waals surface area contributed by atoms with Crippen LogP contribution in [0, 0.1) is 5.92 Å². The minimum atomic E-state index is -0.309. The molecule has 5 nitrogen and oxygen atoms in total. The van der Waals surface area contributed by atoms with E-state index in [0.29, 0.717) is 28.7 Å². The van der Waals surface area contributed by atoms with Crippen molar-refractivity contribution in [1.82, 2.24) is 4.57 Å². The Hall–Kier alpha value is -2.92. The largest absolute Gasteiger partial charge is 0.328 e. The molecule has 0 N–H and O–H groups in total. The SMILES string of the molecule is Cn1c2c(c(=O)c3ccccc31)C(=O)N(c1ccc(Cl)cc1)CC(CC1CCCCC1)=N2. The monoisotopic (exact) mass is 447 g/mol. The topological polar surface area (TPSA) is 54.7 Å². The second-order valence-electron chi connectivity index (χ2n) is 8.86. The summed E-state index contributed by atoms with van der Waals surface area (Å²) < 4.78 is 1.89. The standard InChI is InChI=1S/C26H26ClN3O2/c1-29-22-10-6-5-9-21(22)24(31)23-25(29)28-19(15-17-7-3-2-4-8-17)16-30(26(23)32)20-13-11-18(27)12-14-20/h5-6,9-14,17H,2-4,7-8,15-16H2,1H3. The minimum Gasteiger partial charge on any atom is -0.328 e. The fraction of sp³-hybridized carbons (Fsp3) is 0.346. The first-order valence-electron chi connectivity index (χ1n) is 11.3. The number of hydrogen-bond acceptors (Lipinski definition) is 3. The third kappa shape index (κ3) is 3.75. The van der Waals surface area contributed by atoms with Crippen molar-refractivity contribution in [3.63, 3.8) is 0 Å². The van der Waals surface area contributed by atoms with E-state index < -0.39 is 0 Å². The van der Waals surface area contributed by atoms with Crippen molar-refractivity contribution in [2.24, 2.45) is 18.0 Å². The van der Waals surface area contributed by atoms with Crippen LogP contribution in [-0.2, 0) is 7.05 Å². The zero-order valence-corrected chi connectivity index (χ0v) is 18.9. The maximum Gasteiger partial charge on any atom is 0.266 e. The van der Waals surface area contributed by atoms with Crippen molar-refractivity contribution < 1.29 is 4.79 Å². The normalized spacial score (nSPS) is 17.2. The average molecular weight is 448 g/mol. The lowest BCUT2D eigenvalue weighted by Gasteiger charge is -2.25. The fourth-order valence-electron chi connectivity index (χ4n) is 5.04. The number of hydrogen-bond donors (Lipinski definition) is 0. The molecule has 5 rings (SSSR count). The molecule has 6 heteroatoms. The van der Waals surface area contributed by atoms with Gasteiger partial charge in [-0.2, -0.15) is 0 Å². The summed E-state index contributed by atoms with van der Waals surface area (Å²) in [5.41, 5.74) is 2.33. The molecular weight excluding hydrogens is 422 g/mol. The van der Waals surface area contributed by atoms with Crippen molar-refractivity contribution >= 4 is 45.6 Å². The Morgan fingerprint density at radius 1 is 1.00 bits per heavy atom. The molecule has 0 radical (unpaired) electrons. The second kappa shape index (κ2) is 8.55. The molecular formula is C26H26ClN3O2. The van der Waals surface area contributed by atoms with E-state index in [1.807, 2.05) is 41.9 Å². The number of nitrogens with zero attached hydrogens (tertiary/aromatic N) is 3. The van der Waals surface area contributed by atoms with Gasteiger partial charge in [0.1, 0.15) is 11.4 Å². The first kappa shape index (κ1) is 21.0. The number of aromatic nitrogens is 1. The van der Waals surface area contributed by atoms with Gasteiger partial charge in [0.05, 0.1) is 12.1 Å². The number of fused-ring (bicyclic) bond motifs is 2. The molecule has 32 heavy (non-hydrogen) atoms. The highest BCUT2D eigenvalue weighted by atomic mass is 35.5. The van der Waals surface area contributed by atoms with Crippen LogP contribution < -0.4 is 10.3 Å². The summed E-state index contributed by atoms with van der Waals surface area (Å²) in [4.78, 5) is 33.9. The van der Waals surface area contributed by atoms with Crippen LogP contribution in [0.1, 0.15) is 48.9 Å². The first-order valence-corrected chi connectivity index (χ1v) is 11.7. The van der Waals surface area contributed by atoms with Crippen molar-refractivity contribution in [3.05, 3.63) is 69.3 Å². The average Bonchev–Trinajstić information content (AvgIpc) is 2.95. The van der Waals surface area contributed by atoms with Gasteiger partial charge in [0.2, 0.25) is 5.43 Å². The quantitative estimate of drug-likeness (QED) is 0.502. The second-order valence-corrected chi connectivity index (χ2v) is 9.29. The van der Waals surface area contributed by atoms with Gasteiger partial charge in [-0.1, -0.05) is 55.8 Å². The van der Waals surface area contributed by atoms with E-state index in [9.17, 15) is 9.59 Å². The van der Waals surface area contributed by atoms with Crippen LogP contribution >= 0.6 is 11.6 Å². The summed E-state index contributed by atoms with van der Waals surface area (Å²) in [5.74, 6) is 0.723. The molecule has 0 unspecified atom stereocenters. The number of anilines is 1. The van der Waals surface area contributed by atoms with E-state index in [4.69, 9.17) is 16.6 Å². The number of rotatable bonds is 3. The summed E-state index contributed by atoms with van der Waals surface area (Å²) >= 11 is 6.09. The van der Waals surface area contributed by atoms with Gasteiger partial charge >= 0.3 is 0 Å². The zero-order chi connectivity index (χ0) is 22.2. The molecule has 0 saturated heterocycles. The minimum absolute atomic E-state index is 0.139. The first-order chi connectivity index (χ1) is 15.5. The Morgan fingerprint density at radius 3 is 2.47 bits per heavy atom. The Morgan fingerprint density at radius 2 is 1.72 bits per heavy atom. The van der Waals surface area contributed by atoms with Crippen molar-refractivity contribution in [3.8, 4) is 0 Å². The van der Waals surface area contributed by atoms with E-state index in [1.54, 1.807) is 23.1 Å². The van der Waals surface area contributed by atoms with E-state index in [0.717, 1.165) is 23.3 Å². The summed E-state index contributed by atoms with van der Waals surface area (Å²) in [5, 5.41) is 1.14. The van der Waals surface area contributed by atoms with Crippen molar-refractivity contribution in [2.75, 3.05) is 11.4 Å². The number of para-hydroxylation sites is 1. The molecule has 1 amide bonds. The third-order valence-corrected chi connectivity index (χ3v) is 6.98. The molecule has 1 fully saturated rings. The lowest BCUT2D eigenvalue weighted by molar-refractivity contribution is 0.0990. The molecule has 1 aromatic heterocycles. The Labute approximate surface area is 192 Å². The van der Waals surface area contributed by atoms with Gasteiger partial charge < -0.3 is 9.47 Å². The molecule has 3 aromatic rings. The van der Waals surface area contributed by atoms with Crippen LogP contribution in [0.25, 0.3) is 10.9 Å². The maximum atomic E-state index is 13.8. The van der Waals surface area contributed by atoms with Crippen molar-refractivity contribution in [2.45, 2.75) is 38.5 Å². The Balaban J connectivity index is 1.69. The number of carbonyl (C=O) groups is 1. The number of benzene rings is 2. The fourth-order valence-corrected chi connectivity index (χ4v) is 5.16. The van der Waals surface area contributed by atoms with Gasteiger partial charge in [-0.05, 0) is 48.7 Å². The molecule has 2 heterocycles. The Kier molecular flexibility index (Phi) is 5.60. The van der Waals surface area contributed by atoms with Gasteiger partial charge in [0.25, 0.3) is 5.91 Å². The van der Waals surface area contributed by atoms with Crippen LogP contribution in [0.15, 0.2) is 58.3 Å². The predicted molar refractivity (Wildman–Crippen MR) is 131 cm³/mol. The molecule has 1 aliphatic carbocycles. The Bertz CT molecular complexity index is 1270. The smallest absolute Gasteiger partial charge is 0.266 e. The number of pyridine rings is 1. The van der Waals surface area contributed by atoms with Gasteiger partial charge in [-0.25, -0.2) is 4.99 Å². The number of amides is 1. The van der Waals surface area contributed by atoms with Crippen LogP contribution in [0.4, 0.5) is 11.5 Å². The molecule has 2 aliphatic rings. The molecule has 0 atom stereocenters. The predicted octanol–water partition coefficient (Wildman–Crippen LogP) is 5.90. The van der Waals surface area contributed by atoms with Crippen LogP contribution in [0.2, 0.25) is 5.02 Å². The van der Waals surface area contributed by atoms with Crippen molar-refractivity contribution in [1.29, 1.82) is 0 Å². The lowest BCUT2D eigenvalue weighted by Crippen LogP contribution is -2.37. The number of aliphatic imine (C=N–C) groups is 1. The van der Waals surface area contributed by atoms with Gasteiger partial charge in [-0.15, -0.1) is 0 Å². The summed E-state index contributed by atoms with van der Waals surface area (Å²) in [6, 6.07) is 14.6. The van der Waals surface area contributed by atoms with Crippen LogP contribution in [0.5, 0.6) is 0 Å². The molecule has 164 valence electrons. The van der Waals surface area contributed by atoms with E-state index in [-0.39, 0.29) is 16.9 Å². The molecule has 1 saturated carbocycles. The van der Waals surface area contributed by atoms with Crippen LogP contribution in [0.3, 0.4) is 0 Å². The highest BCUT2D eigenvalue weighted by Crippen LogP contribution is 2.32. The zero-order valence-electron chi connectivity index (χ0n) is 18.2. The summed E-state index contributed by atoms with van der Waals surface area (Å²) in [6.45, 7) is 0.376. The van der Waals surface area contributed by atoms with E-state index in [2.05, 4.69) is 0 Å². The van der Waals surface area contributed by atoms with Gasteiger partial charge in [-0.3, -0.25) is 9.59 Å². The number of carbonyl (C=O) groups excluding carboxylic acids is 1. The summed E-state index contributed by atoms with van der Waals surface area (Å²) in [6.07, 6.45) is 7.02. The molecule has 2 aromatic carbocycles. The molecule has 0 bridgehead atoms. The molecule has 1 aliphatic heterocycles. The number of halogens is 1. The highest BCUT2D eigenvalue weighted by Gasteiger charge is 2.31. The summed E-state index contributed by atoms with van der Waals surface area (Å²) in [7, 11) is 1.88. The lowest BCUT2D eigenvalue weighted by atomic mass is 9.85. The highest BCUT2D eigenvalue weighted by molar-refractivity contribution is 6.30. The van der Waals surface area contributed by atoms with E-state index >= 15 is 0 Å². The van der Waals surface area contributed by atoms with Crippen LogP contribution in [-0.4, -0.2) is 22.7 Å². The molecule has 0 spiro atoms. The number of aryl methyl sites for hydroxylation is 1. The maximum absolute atomic E-state index is 13.8.